The van der Waals surface area contributed by atoms with E-state index in [1.807, 2.05) is 51.1 Å². The van der Waals surface area contributed by atoms with Gasteiger partial charge in [0, 0.05) is 37.3 Å². The summed E-state index contributed by atoms with van der Waals surface area (Å²) in [6, 6.07) is 11.3. The Morgan fingerprint density at radius 1 is 1.09 bits per heavy atom. The Hall–Kier alpha value is -4.01. The van der Waals surface area contributed by atoms with Crippen molar-refractivity contribution in [3.05, 3.63) is 59.6 Å². The third kappa shape index (κ3) is 4.77. The Balaban J connectivity index is 1.47. The van der Waals surface area contributed by atoms with Crippen LogP contribution in [0.3, 0.4) is 0 Å². The number of carbonyl (C=O) groups excluding carboxylic acids is 2. The van der Waals surface area contributed by atoms with Crippen molar-refractivity contribution in [2.24, 2.45) is 0 Å². The lowest BCUT2D eigenvalue weighted by atomic mass is 9.93. The molecule has 0 bridgehead atoms. The number of hydrogen-bond donors (Lipinski definition) is 2. The summed E-state index contributed by atoms with van der Waals surface area (Å²) in [6.45, 7) is 6.05. The Labute approximate surface area is 191 Å². The van der Waals surface area contributed by atoms with Gasteiger partial charge in [0.15, 0.2) is 11.5 Å². The zero-order chi connectivity index (χ0) is 23.8. The molecule has 3 heterocycles. The third-order valence-corrected chi connectivity index (χ3v) is 5.20. The fraction of sp³-hybridized carbons (Fsp3) is 0.292. The molecule has 9 heteroatoms. The number of carbonyl (C=O) groups is 2. The van der Waals surface area contributed by atoms with Gasteiger partial charge in [-0.3, -0.25) is 14.7 Å². The van der Waals surface area contributed by atoms with E-state index in [9.17, 15) is 9.59 Å². The molecule has 3 aromatic heterocycles. The standard InChI is InChI=1S/C24H26N6O3/c1-24(2,3)18-12-19(29-33-18)26-20(31)10-14-6-8-15(9-7-14)16-11-17-21(23(32)30(4)5)27-28-22(17)25-13-16/h6-9,11-13H,10H2,1-5H3,(H,25,27,28)(H,26,29,31). The number of hydrogen-bond acceptors (Lipinski definition) is 6. The van der Waals surface area contributed by atoms with E-state index >= 15 is 0 Å². The first-order valence-electron chi connectivity index (χ1n) is 10.5. The van der Waals surface area contributed by atoms with Gasteiger partial charge < -0.3 is 14.7 Å². The fourth-order valence-corrected chi connectivity index (χ4v) is 3.32. The van der Waals surface area contributed by atoms with E-state index in [-0.39, 0.29) is 23.7 Å². The first-order chi connectivity index (χ1) is 15.6. The first-order valence-corrected chi connectivity index (χ1v) is 10.5. The molecule has 0 aliphatic heterocycles. The van der Waals surface area contributed by atoms with Crippen molar-refractivity contribution in [3.8, 4) is 11.1 Å². The van der Waals surface area contributed by atoms with Crippen LogP contribution >= 0.6 is 0 Å². The Morgan fingerprint density at radius 3 is 2.45 bits per heavy atom. The molecule has 170 valence electrons. The van der Waals surface area contributed by atoms with E-state index in [4.69, 9.17) is 4.52 Å². The smallest absolute Gasteiger partial charge is 0.272 e. The number of rotatable bonds is 5. The van der Waals surface area contributed by atoms with Gasteiger partial charge in [0.25, 0.3) is 5.91 Å². The molecule has 0 saturated carbocycles. The van der Waals surface area contributed by atoms with Gasteiger partial charge in [0.2, 0.25) is 5.91 Å². The van der Waals surface area contributed by atoms with Gasteiger partial charge in [-0.1, -0.05) is 50.2 Å². The zero-order valence-electron chi connectivity index (χ0n) is 19.3. The van der Waals surface area contributed by atoms with Crippen LogP contribution in [0.4, 0.5) is 5.82 Å². The molecule has 0 aliphatic carbocycles. The summed E-state index contributed by atoms with van der Waals surface area (Å²) in [4.78, 5) is 30.6. The van der Waals surface area contributed by atoms with Crippen LogP contribution < -0.4 is 5.32 Å². The summed E-state index contributed by atoms with van der Waals surface area (Å²) in [5.74, 6) is 0.772. The maximum absolute atomic E-state index is 12.4. The van der Waals surface area contributed by atoms with Gasteiger partial charge in [-0.2, -0.15) is 5.10 Å². The van der Waals surface area contributed by atoms with E-state index < -0.39 is 0 Å². The monoisotopic (exact) mass is 446 g/mol. The van der Waals surface area contributed by atoms with Crippen LogP contribution in [0.5, 0.6) is 0 Å². The molecule has 0 atom stereocenters. The second kappa shape index (κ2) is 8.50. The van der Waals surface area contributed by atoms with Crippen LogP contribution in [-0.2, 0) is 16.6 Å². The van der Waals surface area contributed by atoms with E-state index in [1.54, 1.807) is 26.4 Å². The molecule has 0 fully saturated rings. The highest BCUT2D eigenvalue weighted by atomic mass is 16.5. The first kappa shape index (κ1) is 22.2. The summed E-state index contributed by atoms with van der Waals surface area (Å²) in [6.07, 6.45) is 1.92. The lowest BCUT2D eigenvalue weighted by molar-refractivity contribution is -0.115. The summed E-state index contributed by atoms with van der Waals surface area (Å²) in [5.41, 5.74) is 3.34. The number of amides is 2. The zero-order valence-corrected chi connectivity index (χ0v) is 19.3. The number of H-pyrrole nitrogens is 1. The number of fused-ring (bicyclic) bond motifs is 1. The highest BCUT2D eigenvalue weighted by Gasteiger charge is 2.20. The second-order valence-electron chi connectivity index (χ2n) is 9.14. The predicted octanol–water partition coefficient (Wildman–Crippen LogP) is 3.79. The van der Waals surface area contributed by atoms with Gasteiger partial charge in [-0.25, -0.2) is 4.98 Å². The molecule has 0 unspecified atom stereocenters. The van der Waals surface area contributed by atoms with E-state index in [2.05, 4.69) is 25.7 Å². The Bertz CT molecular complexity index is 1310. The van der Waals surface area contributed by atoms with Crippen LogP contribution in [0.25, 0.3) is 22.2 Å². The van der Waals surface area contributed by atoms with Gasteiger partial charge in [0.05, 0.1) is 11.8 Å². The Kier molecular flexibility index (Phi) is 5.71. The maximum Gasteiger partial charge on any atom is 0.272 e. The van der Waals surface area contributed by atoms with E-state index in [1.165, 1.54) is 4.90 Å². The van der Waals surface area contributed by atoms with E-state index in [0.29, 0.717) is 28.3 Å². The van der Waals surface area contributed by atoms with Gasteiger partial charge in [-0.15, -0.1) is 0 Å². The van der Waals surface area contributed by atoms with Crippen molar-refractivity contribution in [1.29, 1.82) is 0 Å². The van der Waals surface area contributed by atoms with Gasteiger partial charge in [0.1, 0.15) is 11.5 Å². The Morgan fingerprint density at radius 2 is 1.82 bits per heavy atom. The quantitative estimate of drug-likeness (QED) is 0.482. The van der Waals surface area contributed by atoms with Gasteiger partial charge >= 0.3 is 0 Å². The molecule has 4 rings (SSSR count). The summed E-state index contributed by atoms with van der Waals surface area (Å²) >= 11 is 0. The number of nitrogens with zero attached hydrogens (tertiary/aromatic N) is 4. The van der Waals surface area contributed by atoms with Crippen molar-refractivity contribution in [1.82, 2.24) is 25.2 Å². The molecule has 0 aliphatic rings. The normalized spacial score (nSPS) is 11.5. The minimum atomic E-state index is -0.180. The molecule has 2 amide bonds. The lowest BCUT2D eigenvalue weighted by Gasteiger charge is -2.12. The van der Waals surface area contributed by atoms with Crippen molar-refractivity contribution in [3.63, 3.8) is 0 Å². The molecule has 4 aromatic rings. The fourth-order valence-electron chi connectivity index (χ4n) is 3.32. The number of aromatic nitrogens is 4. The maximum atomic E-state index is 12.4. The third-order valence-electron chi connectivity index (χ3n) is 5.20. The number of anilines is 1. The molecular formula is C24H26N6O3. The van der Waals surface area contributed by atoms with Crippen LogP contribution in [0.2, 0.25) is 0 Å². The number of benzene rings is 1. The topological polar surface area (TPSA) is 117 Å². The summed E-state index contributed by atoms with van der Waals surface area (Å²) in [5, 5.41) is 14.2. The number of pyridine rings is 1. The molecule has 0 radical (unpaired) electrons. The van der Waals surface area contributed by atoms with E-state index in [0.717, 1.165) is 16.7 Å². The van der Waals surface area contributed by atoms with Crippen molar-refractivity contribution >= 4 is 28.7 Å². The average molecular weight is 447 g/mol. The molecule has 33 heavy (non-hydrogen) atoms. The SMILES string of the molecule is CN(C)C(=O)c1[nH]nc2ncc(-c3ccc(CC(=O)Nc4cc(C(C)(C)C)on4)cc3)cc12. The molecule has 0 spiro atoms. The largest absolute Gasteiger partial charge is 0.359 e. The molecule has 0 saturated heterocycles. The molecular weight excluding hydrogens is 420 g/mol. The highest BCUT2D eigenvalue weighted by Crippen LogP contribution is 2.26. The number of nitrogens with one attached hydrogen (secondary N) is 2. The molecule has 1 aromatic carbocycles. The minimum absolute atomic E-state index is 0.167. The molecule has 9 nitrogen and oxygen atoms in total. The van der Waals surface area contributed by atoms with Crippen LogP contribution in [-0.4, -0.2) is 51.1 Å². The van der Waals surface area contributed by atoms with Crippen molar-refractivity contribution in [2.45, 2.75) is 32.6 Å². The van der Waals surface area contributed by atoms with Gasteiger partial charge in [-0.05, 0) is 17.2 Å². The highest BCUT2D eigenvalue weighted by molar-refractivity contribution is 6.04. The summed E-state index contributed by atoms with van der Waals surface area (Å²) < 4.78 is 5.30. The molecule has 2 N–H and O–H groups in total. The van der Waals surface area contributed by atoms with Crippen molar-refractivity contribution in [2.75, 3.05) is 19.4 Å². The van der Waals surface area contributed by atoms with Crippen LogP contribution in [0.15, 0.2) is 47.1 Å². The minimum Gasteiger partial charge on any atom is -0.359 e. The lowest BCUT2D eigenvalue weighted by Crippen LogP contribution is -2.22. The predicted molar refractivity (Wildman–Crippen MR) is 125 cm³/mol. The van der Waals surface area contributed by atoms with Crippen LogP contribution in [0.1, 0.15) is 42.6 Å². The van der Waals surface area contributed by atoms with Crippen LogP contribution in [0, 0.1) is 0 Å². The average Bonchev–Trinajstić information content (AvgIpc) is 3.40. The van der Waals surface area contributed by atoms with Crippen molar-refractivity contribution < 1.29 is 14.1 Å². The summed E-state index contributed by atoms with van der Waals surface area (Å²) in [7, 11) is 3.38. The second-order valence-corrected chi connectivity index (χ2v) is 9.14. The number of aromatic amines is 1.